The third-order valence-electron chi connectivity index (χ3n) is 14.4. The van der Waals surface area contributed by atoms with Crippen LogP contribution in [-0.4, -0.2) is 0 Å². The second-order valence-corrected chi connectivity index (χ2v) is 23.9. The number of allylic oxidation sites excluding steroid dienone is 2. The van der Waals surface area contributed by atoms with Gasteiger partial charge in [-0.05, 0) is 71.9 Å². The van der Waals surface area contributed by atoms with Gasteiger partial charge in [0, 0.05) is 39.7 Å². The smallest absolute Gasteiger partial charge is 0.0501 e. The van der Waals surface area contributed by atoms with Gasteiger partial charge >= 0.3 is 0 Å². The highest BCUT2D eigenvalue weighted by Crippen LogP contribution is 2.73. The lowest BCUT2D eigenvalue weighted by Gasteiger charge is -2.34. The van der Waals surface area contributed by atoms with E-state index in [4.69, 9.17) is 0 Å². The molecule has 0 saturated heterocycles. The van der Waals surface area contributed by atoms with Crippen LogP contribution >= 0.6 is 45.3 Å². The van der Waals surface area contributed by atoms with Gasteiger partial charge in [0.2, 0.25) is 0 Å². The van der Waals surface area contributed by atoms with E-state index in [1.165, 1.54) is 180 Å². The Balaban J connectivity index is 1.54. The molecular formula is C54H84S4. The Morgan fingerprint density at radius 1 is 0.379 bits per heavy atom. The van der Waals surface area contributed by atoms with Crippen molar-refractivity contribution in [2.45, 2.75) is 258 Å². The molecule has 0 atom stereocenters. The predicted molar refractivity (Wildman–Crippen MR) is 270 cm³/mol. The Morgan fingerprint density at radius 2 is 0.655 bits per heavy atom. The first-order valence-corrected chi connectivity index (χ1v) is 28.4. The molecule has 0 saturated carbocycles. The van der Waals surface area contributed by atoms with E-state index in [9.17, 15) is 0 Å². The lowest BCUT2D eigenvalue weighted by molar-refractivity contribution is 0.422. The van der Waals surface area contributed by atoms with Crippen LogP contribution in [0.4, 0.5) is 0 Å². The summed E-state index contributed by atoms with van der Waals surface area (Å²) in [6.07, 6.45) is 38.7. The van der Waals surface area contributed by atoms with Gasteiger partial charge in [-0.2, -0.15) is 0 Å². The van der Waals surface area contributed by atoms with Crippen molar-refractivity contribution in [3.05, 3.63) is 42.8 Å². The molecule has 2 aliphatic rings. The number of thiophene rings is 4. The van der Waals surface area contributed by atoms with E-state index in [1.807, 2.05) is 22.3 Å². The molecule has 324 valence electrons. The second kappa shape index (κ2) is 22.4. The van der Waals surface area contributed by atoms with Crippen molar-refractivity contribution in [3.63, 3.8) is 0 Å². The topological polar surface area (TPSA) is 0 Å². The van der Waals surface area contributed by atoms with Gasteiger partial charge in [0.15, 0.2) is 0 Å². The van der Waals surface area contributed by atoms with Gasteiger partial charge in [0.25, 0.3) is 0 Å². The molecule has 0 N–H and O–H groups in total. The fourth-order valence-corrected chi connectivity index (χ4v) is 17.1. The minimum absolute atomic E-state index is 0.157. The minimum Gasteiger partial charge on any atom is -0.139 e. The van der Waals surface area contributed by atoms with Gasteiger partial charge in [-0.3, -0.25) is 0 Å². The number of rotatable bonds is 30. The summed E-state index contributed by atoms with van der Waals surface area (Å²) in [4.78, 5) is 6.76. The standard InChI is InChI=1S/C54H84S4/c1-9-13-17-21-25-29-33-53(34-30-26-22-18-14-10-2)45-46(52-47(53)49-43(58-52)37-41(55-49)39(5)6)54(35-31-27-23-19-15-11-3,36-32-28-24-20-16-12-4)48-50-44(57-51(45)48)38-42(56-50)40(7)8/h37-40H,9-36H2,1-8H3. The second-order valence-electron chi connectivity index (χ2n) is 19.6. The summed E-state index contributed by atoms with van der Waals surface area (Å²) in [5, 5.41) is 0. The van der Waals surface area contributed by atoms with E-state index >= 15 is 0 Å². The molecule has 2 aliphatic carbocycles. The monoisotopic (exact) mass is 861 g/mol. The molecule has 0 nitrogen and oxygen atoms in total. The van der Waals surface area contributed by atoms with Crippen molar-refractivity contribution in [3.8, 4) is 0 Å². The van der Waals surface area contributed by atoms with Crippen LogP contribution in [0.15, 0.2) is 12.1 Å². The summed E-state index contributed by atoms with van der Waals surface area (Å²) < 4.78 is 6.63. The van der Waals surface area contributed by atoms with Crippen molar-refractivity contribution < 1.29 is 0 Å². The van der Waals surface area contributed by atoms with Gasteiger partial charge in [-0.1, -0.05) is 209 Å². The highest BCUT2D eigenvalue weighted by atomic mass is 32.1. The zero-order chi connectivity index (χ0) is 41.1. The zero-order valence-electron chi connectivity index (χ0n) is 38.7. The number of unbranched alkanes of at least 4 members (excludes halogenated alkanes) is 20. The van der Waals surface area contributed by atoms with Crippen LogP contribution in [0, 0.1) is 0 Å². The van der Waals surface area contributed by atoms with Gasteiger partial charge in [0.1, 0.15) is 0 Å². The van der Waals surface area contributed by atoms with E-state index in [1.54, 1.807) is 38.3 Å². The summed E-state index contributed by atoms with van der Waals surface area (Å²) in [6.45, 7) is 19.2. The van der Waals surface area contributed by atoms with Crippen molar-refractivity contribution >= 4 is 75.3 Å². The van der Waals surface area contributed by atoms with Crippen molar-refractivity contribution in [2.24, 2.45) is 0 Å². The van der Waals surface area contributed by atoms with E-state index in [2.05, 4.69) is 113 Å². The van der Waals surface area contributed by atoms with E-state index in [0.717, 1.165) is 0 Å². The Hall–Kier alpha value is -0.940. The summed E-state index contributed by atoms with van der Waals surface area (Å²) in [5.74, 6) is 1.19. The maximum absolute atomic E-state index is 2.65. The van der Waals surface area contributed by atoms with Crippen molar-refractivity contribution in [1.29, 1.82) is 0 Å². The summed E-state index contributed by atoms with van der Waals surface area (Å²) in [5.41, 5.74) is 7.79. The molecule has 0 aromatic carbocycles. The maximum atomic E-state index is 2.65. The Bertz CT molecular complexity index is 1700. The number of fused-ring (bicyclic) bond motifs is 8. The predicted octanol–water partition coefficient (Wildman–Crippen LogP) is 20.9. The van der Waals surface area contributed by atoms with Crippen molar-refractivity contribution in [1.82, 2.24) is 0 Å². The molecule has 58 heavy (non-hydrogen) atoms. The average molecular weight is 862 g/mol. The Kier molecular flexibility index (Phi) is 18.0. The SMILES string of the molecule is CCCCCCCCC1(CCCCCCCC)C2=C(c3sc4cc(C(C)C)sc4c31)C(CCCCCCCC)(CCCCCCCC)c1c2sc2cc(C(C)C)sc12. The molecule has 4 aromatic rings. The molecule has 4 aromatic heterocycles. The fraction of sp³-hybridized carbons (Fsp3) is 0.741. The molecule has 0 bridgehead atoms. The maximum Gasteiger partial charge on any atom is 0.0501 e. The third kappa shape index (κ3) is 9.97. The molecule has 0 spiro atoms. The fourth-order valence-electron chi connectivity index (χ4n) is 11.1. The van der Waals surface area contributed by atoms with Crippen LogP contribution < -0.4 is 0 Å². The highest BCUT2D eigenvalue weighted by molar-refractivity contribution is 7.30. The van der Waals surface area contributed by atoms with Crippen LogP contribution in [0.25, 0.3) is 29.9 Å². The summed E-state index contributed by atoms with van der Waals surface area (Å²) >= 11 is 8.91. The van der Waals surface area contributed by atoms with E-state index < -0.39 is 0 Å². The van der Waals surface area contributed by atoms with Gasteiger partial charge in [-0.25, -0.2) is 0 Å². The summed E-state index contributed by atoms with van der Waals surface area (Å²) in [6, 6.07) is 5.29. The van der Waals surface area contributed by atoms with Gasteiger partial charge in [0.05, 0.1) is 9.40 Å². The van der Waals surface area contributed by atoms with Gasteiger partial charge < -0.3 is 0 Å². The minimum atomic E-state index is 0.157. The molecule has 4 heterocycles. The van der Waals surface area contributed by atoms with Crippen LogP contribution in [0.5, 0.6) is 0 Å². The normalized spacial score (nSPS) is 15.6. The van der Waals surface area contributed by atoms with Crippen LogP contribution in [0.3, 0.4) is 0 Å². The first-order valence-electron chi connectivity index (χ1n) is 25.2. The zero-order valence-corrected chi connectivity index (χ0v) is 42.0. The Labute approximate surface area is 373 Å². The third-order valence-corrected chi connectivity index (χ3v) is 19.8. The average Bonchev–Trinajstić information content (AvgIpc) is 4.03. The lowest BCUT2D eigenvalue weighted by Crippen LogP contribution is -2.26. The van der Waals surface area contributed by atoms with Crippen molar-refractivity contribution in [2.75, 3.05) is 0 Å². The van der Waals surface area contributed by atoms with Gasteiger partial charge in [-0.15, -0.1) is 45.3 Å². The summed E-state index contributed by atoms with van der Waals surface area (Å²) in [7, 11) is 0. The van der Waals surface area contributed by atoms with Crippen LogP contribution in [-0.2, 0) is 10.8 Å². The Morgan fingerprint density at radius 3 is 0.931 bits per heavy atom. The van der Waals surface area contributed by atoms with Crippen LogP contribution in [0.1, 0.15) is 278 Å². The van der Waals surface area contributed by atoms with E-state index in [0.29, 0.717) is 11.8 Å². The van der Waals surface area contributed by atoms with Crippen LogP contribution in [0.2, 0.25) is 0 Å². The first-order chi connectivity index (χ1) is 28.3. The molecule has 0 unspecified atom stereocenters. The highest BCUT2D eigenvalue weighted by Gasteiger charge is 2.59. The molecule has 0 radical (unpaired) electrons. The molecular weight excluding hydrogens is 777 g/mol. The van der Waals surface area contributed by atoms with E-state index in [-0.39, 0.29) is 10.8 Å². The molecule has 4 heteroatoms. The molecule has 6 rings (SSSR count). The molecule has 0 aliphatic heterocycles. The first kappa shape index (κ1) is 46.6. The number of hydrogen-bond acceptors (Lipinski definition) is 4. The molecule has 0 amide bonds. The largest absolute Gasteiger partial charge is 0.139 e. The molecule has 0 fully saturated rings. The number of hydrogen-bond donors (Lipinski definition) is 0. The lowest BCUT2D eigenvalue weighted by atomic mass is 9.69. The quantitative estimate of drug-likeness (QED) is 0.0458.